The second kappa shape index (κ2) is 6.33. The predicted molar refractivity (Wildman–Crippen MR) is 101 cm³/mol. The number of fused-ring (bicyclic) bond motifs is 3. The first-order valence-corrected chi connectivity index (χ1v) is 10.8. The second-order valence-corrected chi connectivity index (χ2v) is 10.3. The lowest BCUT2D eigenvalue weighted by Crippen LogP contribution is -2.65. The number of urea groups is 1. The largest absolute Gasteiger partial charge is 0.378 e. The average molecular weight is 379 g/mol. The Kier molecular flexibility index (Phi) is 4.26. The number of hydrogen-bond acceptors (Lipinski definition) is 4. The molecule has 5 rings (SSSR count). The third kappa shape index (κ3) is 3.28. The van der Waals surface area contributed by atoms with Gasteiger partial charge in [-0.2, -0.15) is 0 Å². The number of morpholine rings is 1. The van der Waals surface area contributed by atoms with Crippen LogP contribution in [0.1, 0.15) is 58.8 Å². The summed E-state index contributed by atoms with van der Waals surface area (Å²) in [5.74, 6) is 1.42. The minimum Gasteiger partial charge on any atom is -0.378 e. The molecule has 3 saturated heterocycles. The van der Waals surface area contributed by atoms with E-state index in [1.807, 2.05) is 4.90 Å². The zero-order valence-electron chi connectivity index (χ0n) is 16.8. The zero-order chi connectivity index (χ0) is 18.7. The summed E-state index contributed by atoms with van der Waals surface area (Å²) in [5.41, 5.74) is -0.569. The van der Waals surface area contributed by atoms with Gasteiger partial charge in [0.25, 0.3) is 0 Å². The van der Waals surface area contributed by atoms with E-state index >= 15 is 0 Å². The summed E-state index contributed by atoms with van der Waals surface area (Å²) in [4.78, 5) is 15.2. The minimum atomic E-state index is -0.281. The average Bonchev–Trinajstić information content (AvgIpc) is 3.30. The van der Waals surface area contributed by atoms with Crippen molar-refractivity contribution in [2.75, 3.05) is 32.9 Å². The molecule has 2 bridgehead atoms. The number of nitrogens with one attached hydrogen (secondary N) is 1. The van der Waals surface area contributed by atoms with Gasteiger partial charge in [-0.15, -0.1) is 0 Å². The van der Waals surface area contributed by atoms with Crippen LogP contribution in [0.3, 0.4) is 0 Å². The van der Waals surface area contributed by atoms with Crippen molar-refractivity contribution in [1.29, 1.82) is 0 Å². The molecule has 152 valence electrons. The van der Waals surface area contributed by atoms with E-state index in [0.717, 1.165) is 44.8 Å². The van der Waals surface area contributed by atoms with Gasteiger partial charge in [0.05, 0.1) is 36.5 Å². The van der Waals surface area contributed by atoms with Crippen molar-refractivity contribution in [2.45, 2.75) is 81.6 Å². The van der Waals surface area contributed by atoms with Gasteiger partial charge < -0.3 is 24.4 Å². The molecular weight excluding hydrogens is 344 g/mol. The van der Waals surface area contributed by atoms with Crippen LogP contribution < -0.4 is 5.32 Å². The normalized spacial score (nSPS) is 45.7. The topological polar surface area (TPSA) is 60.0 Å². The maximum absolute atomic E-state index is 13.2. The molecule has 3 heterocycles. The summed E-state index contributed by atoms with van der Waals surface area (Å²) in [6, 6.07) is 0.254. The smallest absolute Gasteiger partial charge is 0.317 e. The van der Waals surface area contributed by atoms with Crippen molar-refractivity contribution in [2.24, 2.45) is 11.8 Å². The zero-order valence-corrected chi connectivity index (χ0v) is 16.8. The van der Waals surface area contributed by atoms with E-state index in [2.05, 4.69) is 19.2 Å². The minimum absolute atomic E-state index is 0.0782. The van der Waals surface area contributed by atoms with E-state index < -0.39 is 0 Å². The van der Waals surface area contributed by atoms with Crippen molar-refractivity contribution < 1.29 is 19.0 Å². The molecule has 2 spiro atoms. The molecule has 3 aliphatic heterocycles. The number of rotatable bonds is 1. The van der Waals surface area contributed by atoms with E-state index in [1.54, 1.807) is 0 Å². The second-order valence-electron chi connectivity index (χ2n) is 10.3. The maximum atomic E-state index is 13.2. The van der Waals surface area contributed by atoms with Crippen LogP contribution in [-0.2, 0) is 14.2 Å². The van der Waals surface area contributed by atoms with E-state index in [1.165, 1.54) is 19.3 Å². The Bertz CT molecular complexity index is 603. The molecule has 2 amide bonds. The van der Waals surface area contributed by atoms with Gasteiger partial charge in [-0.05, 0) is 64.2 Å². The number of nitrogens with zero attached hydrogens (tertiary/aromatic N) is 1. The molecule has 0 radical (unpaired) electrons. The molecule has 5 aliphatic rings. The Hall–Kier alpha value is -0.850. The standard InChI is InChI=1S/C21H34N2O4/c1-19(2)12-23(13-21(27-19)10-15-3-4-16(21)9-15)18(24)22-17-5-7-26-20(11-17)6-8-25-14-20/h15-17H,3-14H2,1-2H3,(H,22,24)/t15-,16+,17?,20?,21+/m1/s1. The first-order valence-electron chi connectivity index (χ1n) is 10.8. The molecule has 0 aromatic carbocycles. The summed E-state index contributed by atoms with van der Waals surface area (Å²) < 4.78 is 18.2. The molecule has 6 nitrogen and oxygen atoms in total. The molecule has 5 fully saturated rings. The molecule has 1 N–H and O–H groups in total. The molecule has 2 unspecified atom stereocenters. The molecular formula is C21H34N2O4. The fraction of sp³-hybridized carbons (Fsp3) is 0.952. The van der Waals surface area contributed by atoms with Crippen molar-refractivity contribution in [3.63, 3.8) is 0 Å². The van der Waals surface area contributed by atoms with E-state index in [-0.39, 0.29) is 28.9 Å². The Morgan fingerprint density at radius 3 is 2.70 bits per heavy atom. The van der Waals surface area contributed by atoms with Crippen molar-refractivity contribution >= 4 is 6.03 Å². The Morgan fingerprint density at radius 1 is 1.11 bits per heavy atom. The highest BCUT2D eigenvalue weighted by Crippen LogP contribution is 2.55. The van der Waals surface area contributed by atoms with Crippen LogP contribution in [0, 0.1) is 11.8 Å². The van der Waals surface area contributed by atoms with Gasteiger partial charge in [0.15, 0.2) is 0 Å². The lowest BCUT2D eigenvalue weighted by Gasteiger charge is -2.52. The number of carbonyl (C=O) groups is 1. The van der Waals surface area contributed by atoms with Gasteiger partial charge in [0.1, 0.15) is 0 Å². The fourth-order valence-corrected chi connectivity index (χ4v) is 6.59. The Labute approximate surface area is 162 Å². The molecule has 0 aromatic rings. The van der Waals surface area contributed by atoms with E-state index in [9.17, 15) is 4.79 Å². The number of amides is 2. The van der Waals surface area contributed by atoms with Crippen LogP contribution >= 0.6 is 0 Å². The van der Waals surface area contributed by atoms with E-state index in [4.69, 9.17) is 14.2 Å². The monoisotopic (exact) mass is 378 g/mol. The van der Waals surface area contributed by atoms with Crippen molar-refractivity contribution in [3.8, 4) is 0 Å². The quantitative estimate of drug-likeness (QED) is 0.762. The highest BCUT2D eigenvalue weighted by atomic mass is 16.6. The number of ether oxygens (including phenoxy) is 3. The summed E-state index contributed by atoms with van der Waals surface area (Å²) >= 11 is 0. The third-order valence-electron chi connectivity index (χ3n) is 7.60. The first-order chi connectivity index (χ1) is 12.9. The summed E-state index contributed by atoms with van der Waals surface area (Å²) in [6.45, 7) is 7.82. The molecule has 6 heteroatoms. The summed E-state index contributed by atoms with van der Waals surface area (Å²) in [5, 5.41) is 3.32. The number of hydrogen-bond donors (Lipinski definition) is 1. The molecule has 5 atom stereocenters. The van der Waals surface area contributed by atoms with Crippen LogP contribution in [0.25, 0.3) is 0 Å². The van der Waals surface area contributed by atoms with Gasteiger partial charge in [0, 0.05) is 25.7 Å². The van der Waals surface area contributed by atoms with Crippen LogP contribution in [-0.4, -0.2) is 66.7 Å². The van der Waals surface area contributed by atoms with Crippen LogP contribution in [0.15, 0.2) is 0 Å². The molecule has 2 aliphatic carbocycles. The molecule has 2 saturated carbocycles. The lowest BCUT2D eigenvalue weighted by atomic mass is 9.81. The maximum Gasteiger partial charge on any atom is 0.317 e. The Balaban J connectivity index is 1.27. The van der Waals surface area contributed by atoms with E-state index in [0.29, 0.717) is 25.7 Å². The lowest BCUT2D eigenvalue weighted by molar-refractivity contribution is -0.208. The Morgan fingerprint density at radius 2 is 2.00 bits per heavy atom. The van der Waals surface area contributed by atoms with Gasteiger partial charge in [-0.1, -0.05) is 0 Å². The van der Waals surface area contributed by atoms with Gasteiger partial charge in [-0.3, -0.25) is 0 Å². The van der Waals surface area contributed by atoms with Gasteiger partial charge in [-0.25, -0.2) is 4.79 Å². The highest BCUT2D eigenvalue weighted by molar-refractivity contribution is 5.75. The fourth-order valence-electron chi connectivity index (χ4n) is 6.59. The van der Waals surface area contributed by atoms with Crippen LogP contribution in [0.2, 0.25) is 0 Å². The van der Waals surface area contributed by atoms with Gasteiger partial charge >= 0.3 is 6.03 Å². The molecule has 27 heavy (non-hydrogen) atoms. The number of carbonyl (C=O) groups excluding carboxylic acids is 1. The van der Waals surface area contributed by atoms with Crippen LogP contribution in [0.4, 0.5) is 4.79 Å². The SMILES string of the molecule is CC1(C)CN(C(=O)NC2CCOC3(CCOC3)C2)C[C@]2(C[C@@H]3CC[C@H]2C3)O1. The van der Waals surface area contributed by atoms with Crippen LogP contribution in [0.5, 0.6) is 0 Å². The third-order valence-corrected chi connectivity index (χ3v) is 7.60. The summed E-state index contributed by atoms with van der Waals surface area (Å²) in [6.07, 6.45) is 7.71. The van der Waals surface area contributed by atoms with Crippen molar-refractivity contribution in [3.05, 3.63) is 0 Å². The highest BCUT2D eigenvalue weighted by Gasteiger charge is 2.57. The predicted octanol–water partition coefficient (Wildman–Crippen LogP) is 2.70. The first kappa shape index (κ1) is 18.2. The van der Waals surface area contributed by atoms with Crippen molar-refractivity contribution in [1.82, 2.24) is 10.2 Å². The summed E-state index contributed by atoms with van der Waals surface area (Å²) in [7, 11) is 0. The van der Waals surface area contributed by atoms with Gasteiger partial charge in [0.2, 0.25) is 0 Å². The molecule has 0 aromatic heterocycles.